The summed E-state index contributed by atoms with van der Waals surface area (Å²) in [6, 6.07) is 3.63. The van der Waals surface area contributed by atoms with Crippen molar-refractivity contribution in [2.45, 2.75) is 6.92 Å². The number of nitrogens with two attached hydrogens (primary N) is 1. The summed E-state index contributed by atoms with van der Waals surface area (Å²) in [5, 5.41) is 3.74. The quantitative estimate of drug-likeness (QED) is 0.892. The molecule has 0 atom stereocenters. The van der Waals surface area contributed by atoms with Gasteiger partial charge in [0, 0.05) is 11.1 Å². The Hall–Kier alpha value is -2.01. The molecule has 0 spiro atoms. The molecular formula is C12H13ClN4O. The number of benzene rings is 1. The Bertz CT molecular complexity index is 574. The van der Waals surface area contributed by atoms with Crippen molar-refractivity contribution in [1.82, 2.24) is 9.97 Å². The third kappa shape index (κ3) is 2.62. The zero-order valence-electron chi connectivity index (χ0n) is 10.1. The predicted molar refractivity (Wildman–Crippen MR) is 72.5 cm³/mol. The minimum atomic E-state index is 0.352. The molecule has 1 aromatic heterocycles. The van der Waals surface area contributed by atoms with Crippen molar-refractivity contribution in [2.24, 2.45) is 0 Å². The smallest absolute Gasteiger partial charge is 0.151 e. The molecule has 0 radical (unpaired) electrons. The van der Waals surface area contributed by atoms with Crippen molar-refractivity contribution in [2.75, 3.05) is 18.2 Å². The Morgan fingerprint density at radius 2 is 2.11 bits per heavy atom. The average Bonchev–Trinajstić information content (AvgIpc) is 2.33. The molecule has 6 heteroatoms. The van der Waals surface area contributed by atoms with Crippen LogP contribution in [0.2, 0.25) is 5.02 Å². The second-order valence-electron chi connectivity index (χ2n) is 3.76. The molecule has 1 heterocycles. The molecule has 1 aromatic carbocycles. The summed E-state index contributed by atoms with van der Waals surface area (Å²) in [5.41, 5.74) is 7.28. The van der Waals surface area contributed by atoms with E-state index in [1.54, 1.807) is 19.4 Å². The fourth-order valence-corrected chi connectivity index (χ4v) is 1.66. The number of nitrogens with one attached hydrogen (secondary N) is 1. The number of anilines is 3. The number of nitrogen functional groups attached to an aromatic ring is 1. The van der Waals surface area contributed by atoms with Crippen molar-refractivity contribution in [3.8, 4) is 5.75 Å². The summed E-state index contributed by atoms with van der Waals surface area (Å²) in [6.07, 6.45) is 3.06. The van der Waals surface area contributed by atoms with Crippen LogP contribution in [0.25, 0.3) is 0 Å². The highest BCUT2D eigenvalue weighted by atomic mass is 35.5. The van der Waals surface area contributed by atoms with E-state index in [1.165, 1.54) is 6.20 Å². The van der Waals surface area contributed by atoms with Crippen LogP contribution in [0, 0.1) is 6.92 Å². The van der Waals surface area contributed by atoms with Gasteiger partial charge in [0.2, 0.25) is 0 Å². The zero-order valence-corrected chi connectivity index (χ0v) is 10.8. The van der Waals surface area contributed by atoms with Gasteiger partial charge in [-0.15, -0.1) is 0 Å². The molecule has 0 aliphatic heterocycles. The molecule has 0 saturated carbocycles. The lowest BCUT2D eigenvalue weighted by Crippen LogP contribution is -2.00. The zero-order chi connectivity index (χ0) is 13.1. The molecule has 2 aromatic rings. The Kier molecular flexibility index (Phi) is 3.53. The van der Waals surface area contributed by atoms with Crippen LogP contribution in [0.4, 0.5) is 17.3 Å². The molecule has 18 heavy (non-hydrogen) atoms. The molecule has 0 saturated heterocycles. The fraction of sp³-hybridized carbons (Fsp3) is 0.167. The van der Waals surface area contributed by atoms with E-state index in [2.05, 4.69) is 15.3 Å². The first-order valence-corrected chi connectivity index (χ1v) is 5.66. The van der Waals surface area contributed by atoms with Crippen molar-refractivity contribution in [3.63, 3.8) is 0 Å². The van der Waals surface area contributed by atoms with Crippen LogP contribution in [0.1, 0.15) is 5.56 Å². The molecule has 0 aliphatic carbocycles. The van der Waals surface area contributed by atoms with Crippen LogP contribution in [0.5, 0.6) is 5.75 Å². The molecule has 0 aliphatic rings. The first-order chi connectivity index (χ1) is 8.60. The van der Waals surface area contributed by atoms with E-state index in [4.69, 9.17) is 22.1 Å². The Balaban J connectivity index is 2.36. The van der Waals surface area contributed by atoms with E-state index in [0.29, 0.717) is 22.4 Å². The molecule has 2 rings (SSSR count). The molecule has 0 unspecified atom stereocenters. The number of rotatable bonds is 3. The second kappa shape index (κ2) is 5.10. The summed E-state index contributed by atoms with van der Waals surface area (Å²) in [5.74, 6) is 1.54. The fourth-order valence-electron chi connectivity index (χ4n) is 1.51. The average molecular weight is 265 g/mol. The van der Waals surface area contributed by atoms with Gasteiger partial charge in [-0.1, -0.05) is 11.6 Å². The van der Waals surface area contributed by atoms with Gasteiger partial charge < -0.3 is 15.8 Å². The lowest BCUT2D eigenvalue weighted by atomic mass is 10.2. The third-order valence-corrected chi connectivity index (χ3v) is 2.80. The van der Waals surface area contributed by atoms with Crippen LogP contribution >= 0.6 is 11.6 Å². The van der Waals surface area contributed by atoms with Crippen molar-refractivity contribution < 1.29 is 4.74 Å². The molecule has 3 N–H and O–H groups in total. The van der Waals surface area contributed by atoms with E-state index in [-0.39, 0.29) is 0 Å². The van der Waals surface area contributed by atoms with Crippen LogP contribution in [-0.2, 0) is 0 Å². The number of halogens is 1. The lowest BCUT2D eigenvalue weighted by molar-refractivity contribution is 0.416. The first-order valence-electron chi connectivity index (χ1n) is 5.29. The van der Waals surface area contributed by atoms with E-state index >= 15 is 0 Å². The summed E-state index contributed by atoms with van der Waals surface area (Å²) in [4.78, 5) is 8.07. The molecule has 0 amide bonds. The number of ether oxygens (including phenoxy) is 1. The van der Waals surface area contributed by atoms with Gasteiger partial charge in [0.1, 0.15) is 11.6 Å². The van der Waals surface area contributed by atoms with Crippen molar-refractivity contribution >= 4 is 28.9 Å². The number of nitrogens with zero attached hydrogens (tertiary/aromatic N) is 2. The molecule has 0 bridgehead atoms. The van der Waals surface area contributed by atoms with Crippen molar-refractivity contribution in [3.05, 3.63) is 35.1 Å². The Morgan fingerprint density at radius 3 is 2.78 bits per heavy atom. The van der Waals surface area contributed by atoms with Crippen molar-refractivity contribution in [1.29, 1.82) is 0 Å². The number of aromatic nitrogens is 2. The third-order valence-electron chi connectivity index (χ3n) is 2.40. The highest BCUT2D eigenvalue weighted by Crippen LogP contribution is 2.32. The van der Waals surface area contributed by atoms with Gasteiger partial charge in [-0.2, -0.15) is 0 Å². The number of hydrogen-bond acceptors (Lipinski definition) is 5. The van der Waals surface area contributed by atoms with Gasteiger partial charge in [-0.3, -0.25) is 4.98 Å². The molecular weight excluding hydrogens is 252 g/mol. The molecule has 5 nitrogen and oxygen atoms in total. The minimum Gasteiger partial charge on any atom is -0.495 e. The lowest BCUT2D eigenvalue weighted by Gasteiger charge is -2.12. The van der Waals surface area contributed by atoms with Gasteiger partial charge >= 0.3 is 0 Å². The van der Waals surface area contributed by atoms with E-state index in [9.17, 15) is 0 Å². The molecule has 0 fully saturated rings. The maximum atomic E-state index is 6.04. The largest absolute Gasteiger partial charge is 0.495 e. The Morgan fingerprint density at radius 1 is 1.33 bits per heavy atom. The van der Waals surface area contributed by atoms with Gasteiger partial charge in [0.25, 0.3) is 0 Å². The summed E-state index contributed by atoms with van der Waals surface area (Å²) < 4.78 is 5.26. The number of methoxy groups -OCH3 is 1. The van der Waals surface area contributed by atoms with E-state index < -0.39 is 0 Å². The van der Waals surface area contributed by atoms with Gasteiger partial charge in [-0.25, -0.2) is 4.98 Å². The highest BCUT2D eigenvalue weighted by molar-refractivity contribution is 6.31. The summed E-state index contributed by atoms with van der Waals surface area (Å²) >= 11 is 6.04. The van der Waals surface area contributed by atoms with E-state index in [1.807, 2.05) is 13.0 Å². The predicted octanol–water partition coefficient (Wildman–Crippen LogP) is 2.77. The Labute approximate surface area is 110 Å². The monoisotopic (exact) mass is 264 g/mol. The van der Waals surface area contributed by atoms with Crippen LogP contribution in [0.15, 0.2) is 24.5 Å². The standard InChI is InChI=1S/C12H13ClN4O/c1-7-3-9(10(18-2)4-8(7)13)16-12-6-15-5-11(14)17-12/h3-6H,1-2H3,(H3,14,16,17). The maximum absolute atomic E-state index is 6.04. The van der Waals surface area contributed by atoms with Gasteiger partial charge in [0.05, 0.1) is 25.2 Å². The highest BCUT2D eigenvalue weighted by Gasteiger charge is 2.08. The number of aryl methyl sites for hydroxylation is 1. The number of hydrogen-bond donors (Lipinski definition) is 2. The molecule has 94 valence electrons. The maximum Gasteiger partial charge on any atom is 0.151 e. The van der Waals surface area contributed by atoms with Crippen LogP contribution in [-0.4, -0.2) is 17.1 Å². The van der Waals surface area contributed by atoms with Crippen LogP contribution in [0.3, 0.4) is 0 Å². The van der Waals surface area contributed by atoms with E-state index in [0.717, 1.165) is 11.3 Å². The topological polar surface area (TPSA) is 73.1 Å². The SMILES string of the molecule is COc1cc(Cl)c(C)cc1Nc1cncc(N)n1. The summed E-state index contributed by atoms with van der Waals surface area (Å²) in [7, 11) is 1.58. The minimum absolute atomic E-state index is 0.352. The second-order valence-corrected chi connectivity index (χ2v) is 4.16. The normalized spacial score (nSPS) is 10.2. The van der Waals surface area contributed by atoms with Crippen LogP contribution < -0.4 is 15.8 Å². The van der Waals surface area contributed by atoms with Gasteiger partial charge in [-0.05, 0) is 18.6 Å². The summed E-state index contributed by atoms with van der Waals surface area (Å²) in [6.45, 7) is 1.91. The van der Waals surface area contributed by atoms with Gasteiger partial charge in [0.15, 0.2) is 5.82 Å². The first kappa shape index (κ1) is 12.4.